The second-order valence-electron chi connectivity index (χ2n) is 6.98. The molecule has 1 N–H and O–H groups in total. The van der Waals surface area contributed by atoms with E-state index >= 15 is 0 Å². The fourth-order valence-corrected chi connectivity index (χ4v) is 3.63. The number of likely N-dealkylation sites (tertiary alicyclic amines) is 1. The first-order valence-corrected chi connectivity index (χ1v) is 9.35. The third-order valence-electron chi connectivity index (χ3n) is 5.04. The standard InChI is InChI=1S/C18H24N6O3/c1-22-10-14(20-12-22)17(25)19-5-8-24-15-4-9-27-11-13(15)16(21-24)18(26)23-6-2-3-7-23/h10,12H,2-9,11H2,1H3,(H,19,25). The fourth-order valence-electron chi connectivity index (χ4n) is 3.63. The first-order chi connectivity index (χ1) is 13.1. The first-order valence-electron chi connectivity index (χ1n) is 9.35. The van der Waals surface area contributed by atoms with Crippen molar-refractivity contribution >= 4 is 11.8 Å². The number of hydrogen-bond donors (Lipinski definition) is 1. The summed E-state index contributed by atoms with van der Waals surface area (Å²) in [5.41, 5.74) is 2.83. The van der Waals surface area contributed by atoms with Crippen molar-refractivity contribution in [1.29, 1.82) is 0 Å². The quantitative estimate of drug-likeness (QED) is 0.818. The number of nitrogens with zero attached hydrogens (tertiary/aromatic N) is 5. The van der Waals surface area contributed by atoms with Gasteiger partial charge in [0.15, 0.2) is 5.69 Å². The molecule has 2 aliphatic heterocycles. The highest BCUT2D eigenvalue weighted by atomic mass is 16.5. The lowest BCUT2D eigenvalue weighted by Crippen LogP contribution is -2.29. The fraction of sp³-hybridized carbons (Fsp3) is 0.556. The lowest BCUT2D eigenvalue weighted by Gasteiger charge is -2.17. The van der Waals surface area contributed by atoms with E-state index in [4.69, 9.17) is 4.74 Å². The van der Waals surface area contributed by atoms with Crippen LogP contribution in [0.25, 0.3) is 0 Å². The summed E-state index contributed by atoms with van der Waals surface area (Å²) in [4.78, 5) is 30.9. The van der Waals surface area contributed by atoms with Gasteiger partial charge in [0.25, 0.3) is 11.8 Å². The molecule has 0 radical (unpaired) electrons. The summed E-state index contributed by atoms with van der Waals surface area (Å²) in [6, 6.07) is 0. The summed E-state index contributed by atoms with van der Waals surface area (Å²) in [6.45, 7) is 3.56. The van der Waals surface area contributed by atoms with Gasteiger partial charge in [-0.2, -0.15) is 5.10 Å². The van der Waals surface area contributed by atoms with E-state index < -0.39 is 0 Å². The molecule has 0 aliphatic carbocycles. The van der Waals surface area contributed by atoms with Crippen molar-refractivity contribution in [2.75, 3.05) is 26.2 Å². The van der Waals surface area contributed by atoms with Crippen LogP contribution in [0.15, 0.2) is 12.5 Å². The molecule has 2 aliphatic rings. The molecule has 2 aromatic rings. The summed E-state index contributed by atoms with van der Waals surface area (Å²) in [7, 11) is 1.82. The molecule has 9 heteroatoms. The third kappa shape index (κ3) is 3.59. The summed E-state index contributed by atoms with van der Waals surface area (Å²) in [6.07, 6.45) is 6.09. The molecule has 144 valence electrons. The Hall–Kier alpha value is -2.68. The smallest absolute Gasteiger partial charge is 0.274 e. The van der Waals surface area contributed by atoms with Gasteiger partial charge in [0.05, 0.1) is 26.1 Å². The highest BCUT2D eigenvalue weighted by Gasteiger charge is 2.29. The lowest BCUT2D eigenvalue weighted by atomic mass is 10.1. The topological polar surface area (TPSA) is 94.3 Å². The van der Waals surface area contributed by atoms with Crippen molar-refractivity contribution in [1.82, 2.24) is 29.5 Å². The molecule has 0 bridgehead atoms. The molecule has 2 amide bonds. The summed E-state index contributed by atoms with van der Waals surface area (Å²) in [5.74, 6) is -0.223. The molecule has 0 saturated carbocycles. The van der Waals surface area contributed by atoms with E-state index in [0.29, 0.717) is 37.7 Å². The second-order valence-corrected chi connectivity index (χ2v) is 6.98. The Bertz CT molecular complexity index is 849. The van der Waals surface area contributed by atoms with Crippen molar-refractivity contribution in [2.45, 2.75) is 32.4 Å². The molecule has 1 saturated heterocycles. The number of rotatable bonds is 5. The monoisotopic (exact) mass is 372 g/mol. The van der Waals surface area contributed by atoms with Crippen molar-refractivity contribution in [2.24, 2.45) is 7.05 Å². The minimum Gasteiger partial charge on any atom is -0.376 e. The molecular weight excluding hydrogens is 348 g/mol. The van der Waals surface area contributed by atoms with Crippen LogP contribution in [0.5, 0.6) is 0 Å². The highest BCUT2D eigenvalue weighted by molar-refractivity contribution is 5.94. The van der Waals surface area contributed by atoms with Gasteiger partial charge in [-0.1, -0.05) is 0 Å². The SMILES string of the molecule is Cn1cnc(C(=O)NCCn2nc(C(=O)N3CCCC3)c3c2CCOC3)c1. The van der Waals surface area contributed by atoms with Gasteiger partial charge in [-0.05, 0) is 12.8 Å². The molecule has 27 heavy (non-hydrogen) atoms. The first kappa shape index (κ1) is 17.7. The Balaban J connectivity index is 1.46. The number of carbonyl (C=O) groups is 2. The Morgan fingerprint density at radius 3 is 2.85 bits per heavy atom. The molecule has 4 rings (SSSR count). The molecule has 2 aromatic heterocycles. The number of hydrogen-bond acceptors (Lipinski definition) is 5. The van der Waals surface area contributed by atoms with Crippen LogP contribution in [0.3, 0.4) is 0 Å². The van der Waals surface area contributed by atoms with E-state index in [1.165, 1.54) is 0 Å². The highest BCUT2D eigenvalue weighted by Crippen LogP contribution is 2.23. The number of ether oxygens (including phenoxy) is 1. The summed E-state index contributed by atoms with van der Waals surface area (Å²) >= 11 is 0. The number of aromatic nitrogens is 4. The maximum Gasteiger partial charge on any atom is 0.274 e. The Morgan fingerprint density at radius 1 is 1.30 bits per heavy atom. The maximum absolute atomic E-state index is 12.8. The zero-order valence-electron chi connectivity index (χ0n) is 15.5. The molecular formula is C18H24N6O3. The maximum atomic E-state index is 12.8. The predicted octanol–water partition coefficient (Wildman–Crippen LogP) is 0.355. The summed E-state index contributed by atoms with van der Waals surface area (Å²) < 4.78 is 9.14. The van der Waals surface area contributed by atoms with Crippen molar-refractivity contribution < 1.29 is 14.3 Å². The largest absolute Gasteiger partial charge is 0.376 e. The van der Waals surface area contributed by atoms with Gasteiger partial charge in [-0.3, -0.25) is 14.3 Å². The van der Waals surface area contributed by atoms with Crippen LogP contribution in [-0.4, -0.2) is 62.3 Å². The number of nitrogens with one attached hydrogen (secondary N) is 1. The van der Waals surface area contributed by atoms with Gasteiger partial charge >= 0.3 is 0 Å². The van der Waals surface area contributed by atoms with E-state index in [-0.39, 0.29) is 11.8 Å². The van der Waals surface area contributed by atoms with E-state index in [0.717, 1.165) is 43.6 Å². The number of aryl methyl sites for hydroxylation is 1. The normalized spacial score (nSPS) is 16.4. The molecule has 0 aromatic carbocycles. The van der Waals surface area contributed by atoms with E-state index in [1.807, 2.05) is 16.6 Å². The van der Waals surface area contributed by atoms with Gasteiger partial charge in [0.2, 0.25) is 0 Å². The van der Waals surface area contributed by atoms with Crippen LogP contribution >= 0.6 is 0 Å². The number of carbonyl (C=O) groups excluding carboxylic acids is 2. The number of imidazole rings is 1. The average Bonchev–Trinajstić information content (AvgIpc) is 3.41. The molecule has 1 fully saturated rings. The van der Waals surface area contributed by atoms with E-state index in [1.54, 1.807) is 17.1 Å². The van der Waals surface area contributed by atoms with Crippen LogP contribution in [-0.2, 0) is 31.4 Å². The molecule has 0 spiro atoms. The zero-order chi connectivity index (χ0) is 18.8. The Morgan fingerprint density at radius 2 is 2.11 bits per heavy atom. The van der Waals surface area contributed by atoms with Crippen molar-refractivity contribution in [3.05, 3.63) is 35.2 Å². The third-order valence-corrected chi connectivity index (χ3v) is 5.04. The van der Waals surface area contributed by atoms with Crippen LogP contribution in [0.1, 0.15) is 45.1 Å². The van der Waals surface area contributed by atoms with Gasteiger partial charge in [0, 0.05) is 50.6 Å². The summed E-state index contributed by atoms with van der Waals surface area (Å²) in [5, 5.41) is 7.44. The van der Waals surface area contributed by atoms with Gasteiger partial charge in [-0.25, -0.2) is 4.98 Å². The predicted molar refractivity (Wildman–Crippen MR) is 96.3 cm³/mol. The minimum atomic E-state index is -0.215. The Kier molecular flexibility index (Phi) is 4.93. The van der Waals surface area contributed by atoms with Crippen LogP contribution in [0, 0.1) is 0 Å². The minimum absolute atomic E-state index is 0.00878. The zero-order valence-corrected chi connectivity index (χ0v) is 15.5. The Labute approximate surface area is 157 Å². The molecule has 9 nitrogen and oxygen atoms in total. The molecule has 4 heterocycles. The average molecular weight is 372 g/mol. The van der Waals surface area contributed by atoms with Gasteiger partial charge < -0.3 is 19.5 Å². The van der Waals surface area contributed by atoms with Crippen molar-refractivity contribution in [3.8, 4) is 0 Å². The molecule has 0 unspecified atom stereocenters. The number of amides is 2. The van der Waals surface area contributed by atoms with Crippen molar-refractivity contribution in [3.63, 3.8) is 0 Å². The van der Waals surface area contributed by atoms with Gasteiger partial charge in [0.1, 0.15) is 5.69 Å². The van der Waals surface area contributed by atoms with Crippen LogP contribution in [0.4, 0.5) is 0 Å². The lowest BCUT2D eigenvalue weighted by molar-refractivity contribution is 0.0772. The molecule has 0 atom stereocenters. The second kappa shape index (κ2) is 7.51. The van der Waals surface area contributed by atoms with Crippen LogP contribution in [0.2, 0.25) is 0 Å². The van der Waals surface area contributed by atoms with E-state index in [2.05, 4.69) is 15.4 Å². The van der Waals surface area contributed by atoms with E-state index in [9.17, 15) is 9.59 Å². The van der Waals surface area contributed by atoms with Crippen LogP contribution < -0.4 is 5.32 Å². The van der Waals surface area contributed by atoms with Gasteiger partial charge in [-0.15, -0.1) is 0 Å². The number of fused-ring (bicyclic) bond motifs is 1.